The molecule has 1 amide bonds. The summed E-state index contributed by atoms with van der Waals surface area (Å²) >= 11 is 12.2. The minimum Gasteiger partial charge on any atom is -0.449 e. The van der Waals surface area contributed by atoms with Crippen LogP contribution in [-0.2, 0) is 4.79 Å². The van der Waals surface area contributed by atoms with Crippen LogP contribution in [0, 0.1) is 11.3 Å². The van der Waals surface area contributed by atoms with Gasteiger partial charge in [0, 0.05) is 16.8 Å². The van der Waals surface area contributed by atoms with Crippen LogP contribution in [0.5, 0.6) is 0 Å². The van der Waals surface area contributed by atoms with Gasteiger partial charge in [0.2, 0.25) is 0 Å². The summed E-state index contributed by atoms with van der Waals surface area (Å²) in [6.45, 7) is 0. The Morgan fingerprint density at radius 2 is 2.00 bits per heavy atom. The van der Waals surface area contributed by atoms with Crippen molar-refractivity contribution in [3.8, 4) is 6.07 Å². The smallest absolute Gasteiger partial charge is 0.266 e. The molecule has 0 fully saturated rings. The molecule has 0 saturated carbocycles. The number of furan rings is 1. The molecule has 4 nitrogen and oxygen atoms in total. The van der Waals surface area contributed by atoms with Crippen molar-refractivity contribution in [1.82, 2.24) is 0 Å². The molecular formula is C14H7Br2ClN2O2. The molecule has 0 atom stereocenters. The average molecular weight is 430 g/mol. The summed E-state index contributed by atoms with van der Waals surface area (Å²) in [5, 5.41) is 12.3. The lowest BCUT2D eigenvalue weighted by molar-refractivity contribution is -0.112. The zero-order valence-electron chi connectivity index (χ0n) is 10.4. The fourth-order valence-electron chi connectivity index (χ4n) is 1.46. The Bertz CT molecular complexity index is 726. The highest BCUT2D eigenvalue weighted by molar-refractivity contribution is 9.13. The second-order valence-electron chi connectivity index (χ2n) is 3.90. The maximum atomic E-state index is 12.0. The van der Waals surface area contributed by atoms with Gasteiger partial charge < -0.3 is 9.73 Å². The van der Waals surface area contributed by atoms with Crippen LogP contribution >= 0.6 is 43.5 Å². The normalized spacial score (nSPS) is 11.0. The fourth-order valence-corrected chi connectivity index (χ4v) is 2.19. The van der Waals surface area contributed by atoms with E-state index in [1.165, 1.54) is 6.08 Å². The van der Waals surface area contributed by atoms with Gasteiger partial charge in [0.25, 0.3) is 5.91 Å². The summed E-state index contributed by atoms with van der Waals surface area (Å²) in [5.41, 5.74) is 0.478. The second kappa shape index (κ2) is 6.94. The number of carbonyl (C=O) groups excluding carboxylic acids is 1. The Balaban J connectivity index is 2.19. The topological polar surface area (TPSA) is 66.0 Å². The monoisotopic (exact) mass is 428 g/mol. The number of rotatable bonds is 3. The summed E-state index contributed by atoms with van der Waals surface area (Å²) in [4.78, 5) is 12.0. The average Bonchev–Trinajstić information content (AvgIpc) is 2.77. The first-order valence-corrected chi connectivity index (χ1v) is 7.59. The van der Waals surface area contributed by atoms with Gasteiger partial charge in [-0.25, -0.2) is 0 Å². The molecule has 1 aromatic carbocycles. The molecule has 0 radical (unpaired) electrons. The van der Waals surface area contributed by atoms with Gasteiger partial charge in [-0.3, -0.25) is 4.79 Å². The third-order valence-electron chi connectivity index (χ3n) is 2.42. The van der Waals surface area contributed by atoms with Crippen LogP contribution in [0.25, 0.3) is 6.08 Å². The number of anilines is 1. The van der Waals surface area contributed by atoms with Gasteiger partial charge in [-0.1, -0.05) is 11.6 Å². The lowest BCUT2D eigenvalue weighted by Gasteiger charge is -2.03. The van der Waals surface area contributed by atoms with Crippen LogP contribution in [0.2, 0.25) is 5.02 Å². The fraction of sp³-hybridized carbons (Fsp3) is 0. The Kier molecular flexibility index (Phi) is 5.23. The van der Waals surface area contributed by atoms with E-state index in [0.717, 1.165) is 0 Å². The van der Waals surface area contributed by atoms with Crippen molar-refractivity contribution in [1.29, 1.82) is 5.26 Å². The minimum absolute atomic E-state index is 0.0706. The van der Waals surface area contributed by atoms with E-state index >= 15 is 0 Å². The van der Waals surface area contributed by atoms with Crippen molar-refractivity contribution in [2.45, 2.75) is 0 Å². The predicted octanol–water partition coefficient (Wildman–Crippen LogP) is 5.00. The molecule has 1 N–H and O–H groups in total. The molecule has 0 aliphatic heterocycles. The van der Waals surface area contributed by atoms with Crippen LogP contribution in [0.3, 0.4) is 0 Å². The standard InChI is InChI=1S/C14H7Br2ClN2O2/c15-12-6-11(21-13(12)16)5-8(7-18)14(20)19-10-3-1-9(17)2-4-10/h1-6H,(H,19,20)/b8-5-. The first-order valence-electron chi connectivity index (χ1n) is 5.63. The molecule has 1 aromatic heterocycles. The molecule has 2 aromatic rings. The second-order valence-corrected chi connectivity index (χ2v) is 5.91. The molecule has 0 spiro atoms. The first kappa shape index (κ1) is 15.8. The van der Waals surface area contributed by atoms with Gasteiger partial charge in [0.05, 0.1) is 4.47 Å². The lowest BCUT2D eigenvalue weighted by atomic mass is 10.2. The van der Waals surface area contributed by atoms with E-state index in [1.54, 1.807) is 30.3 Å². The van der Waals surface area contributed by atoms with Gasteiger partial charge in [0.1, 0.15) is 17.4 Å². The van der Waals surface area contributed by atoms with E-state index in [0.29, 0.717) is 25.6 Å². The van der Waals surface area contributed by atoms with Crippen molar-refractivity contribution in [2.75, 3.05) is 5.32 Å². The highest BCUT2D eigenvalue weighted by Crippen LogP contribution is 2.28. The number of hydrogen-bond donors (Lipinski definition) is 1. The van der Waals surface area contributed by atoms with Crippen molar-refractivity contribution >= 4 is 61.1 Å². The molecule has 7 heteroatoms. The van der Waals surface area contributed by atoms with Gasteiger partial charge in [-0.05, 0) is 62.2 Å². The largest absolute Gasteiger partial charge is 0.449 e. The van der Waals surface area contributed by atoms with Crippen LogP contribution < -0.4 is 5.32 Å². The van der Waals surface area contributed by atoms with Crippen molar-refractivity contribution in [3.05, 3.63) is 55.8 Å². The van der Waals surface area contributed by atoms with E-state index in [2.05, 4.69) is 37.2 Å². The predicted molar refractivity (Wildman–Crippen MR) is 87.8 cm³/mol. The molecule has 0 aliphatic rings. The van der Waals surface area contributed by atoms with Gasteiger partial charge in [-0.15, -0.1) is 0 Å². The summed E-state index contributed by atoms with van der Waals surface area (Å²) in [5.74, 6) is -0.139. The molecule has 106 valence electrons. The van der Waals surface area contributed by atoms with Crippen LogP contribution in [0.15, 0.2) is 49.5 Å². The van der Waals surface area contributed by atoms with Crippen molar-refractivity contribution in [3.63, 3.8) is 0 Å². The van der Waals surface area contributed by atoms with E-state index in [-0.39, 0.29) is 5.57 Å². The van der Waals surface area contributed by atoms with Crippen LogP contribution in [0.1, 0.15) is 5.76 Å². The molecule has 2 rings (SSSR count). The number of nitriles is 1. The Morgan fingerprint density at radius 1 is 1.33 bits per heavy atom. The lowest BCUT2D eigenvalue weighted by Crippen LogP contribution is -2.13. The van der Waals surface area contributed by atoms with E-state index < -0.39 is 5.91 Å². The first-order chi connectivity index (χ1) is 9.99. The number of carbonyl (C=O) groups is 1. The highest BCUT2D eigenvalue weighted by Gasteiger charge is 2.12. The third kappa shape index (κ3) is 4.21. The Labute approximate surface area is 142 Å². The van der Waals surface area contributed by atoms with E-state index in [1.807, 2.05) is 6.07 Å². The number of nitrogens with zero attached hydrogens (tertiary/aromatic N) is 1. The van der Waals surface area contributed by atoms with Gasteiger partial charge >= 0.3 is 0 Å². The van der Waals surface area contributed by atoms with Crippen molar-refractivity contribution < 1.29 is 9.21 Å². The zero-order valence-corrected chi connectivity index (χ0v) is 14.3. The van der Waals surface area contributed by atoms with Crippen LogP contribution in [-0.4, -0.2) is 5.91 Å². The van der Waals surface area contributed by atoms with Crippen molar-refractivity contribution in [2.24, 2.45) is 0 Å². The third-order valence-corrected chi connectivity index (χ3v) is 4.38. The Hall–Kier alpha value is -1.55. The summed E-state index contributed by atoms with van der Waals surface area (Å²) < 4.78 is 6.50. The molecule has 0 bridgehead atoms. The molecule has 1 heterocycles. The number of hydrogen-bond acceptors (Lipinski definition) is 3. The SMILES string of the molecule is N#C/C(=C/c1cc(Br)c(Br)o1)C(=O)Nc1ccc(Cl)cc1. The quantitative estimate of drug-likeness (QED) is 0.550. The Morgan fingerprint density at radius 3 is 2.52 bits per heavy atom. The summed E-state index contributed by atoms with van der Waals surface area (Å²) in [6.07, 6.45) is 1.36. The van der Waals surface area contributed by atoms with Gasteiger partial charge in [0.15, 0.2) is 4.67 Å². The number of nitrogens with one attached hydrogen (secondary N) is 1. The molecule has 0 saturated heterocycles. The maximum absolute atomic E-state index is 12.0. The summed E-state index contributed by atoms with van der Waals surface area (Å²) in [7, 11) is 0. The summed E-state index contributed by atoms with van der Waals surface area (Å²) in [6, 6.07) is 10.1. The van der Waals surface area contributed by atoms with Gasteiger partial charge in [-0.2, -0.15) is 5.26 Å². The van der Waals surface area contributed by atoms with E-state index in [4.69, 9.17) is 21.3 Å². The van der Waals surface area contributed by atoms with E-state index in [9.17, 15) is 4.79 Å². The minimum atomic E-state index is -0.525. The number of halogens is 3. The molecular weight excluding hydrogens is 423 g/mol. The zero-order chi connectivity index (χ0) is 15.4. The molecule has 0 unspecified atom stereocenters. The highest BCUT2D eigenvalue weighted by atomic mass is 79.9. The maximum Gasteiger partial charge on any atom is 0.266 e. The molecule has 0 aliphatic carbocycles. The number of benzene rings is 1. The number of amides is 1. The van der Waals surface area contributed by atoms with Crippen LogP contribution in [0.4, 0.5) is 5.69 Å². The molecule has 21 heavy (non-hydrogen) atoms.